The number of thiol groups is 1. The molecule has 0 spiro atoms. The Kier molecular flexibility index (Phi) is 4.16. The highest BCUT2D eigenvalue weighted by Crippen LogP contribution is 2.13. The minimum absolute atomic E-state index is 0.000732. The van der Waals surface area contributed by atoms with Crippen LogP contribution in [0.1, 0.15) is 21.5 Å². The molecule has 1 aromatic heterocycles. The SMILES string of the molecule is Cc1cnccc1CNC(=O)c1cc(S)ccc1F. The zero-order chi connectivity index (χ0) is 13.8. The van der Waals surface area contributed by atoms with Crippen LogP contribution in [0.15, 0.2) is 41.6 Å². The number of nitrogens with zero attached hydrogens (tertiary/aromatic N) is 1. The van der Waals surface area contributed by atoms with E-state index in [-0.39, 0.29) is 5.56 Å². The number of amides is 1. The van der Waals surface area contributed by atoms with Gasteiger partial charge in [0, 0.05) is 23.8 Å². The lowest BCUT2D eigenvalue weighted by molar-refractivity contribution is 0.0946. The highest BCUT2D eigenvalue weighted by molar-refractivity contribution is 7.80. The van der Waals surface area contributed by atoms with E-state index in [4.69, 9.17) is 0 Å². The lowest BCUT2D eigenvalue weighted by Gasteiger charge is -2.08. The van der Waals surface area contributed by atoms with Crippen LogP contribution in [0.2, 0.25) is 0 Å². The molecule has 2 aromatic rings. The van der Waals surface area contributed by atoms with Crippen molar-refractivity contribution in [2.24, 2.45) is 0 Å². The molecule has 0 aliphatic heterocycles. The summed E-state index contributed by atoms with van der Waals surface area (Å²) in [5.74, 6) is -1.01. The maximum absolute atomic E-state index is 13.5. The smallest absolute Gasteiger partial charge is 0.254 e. The molecule has 0 saturated carbocycles. The Labute approximate surface area is 116 Å². The molecule has 0 bridgehead atoms. The Morgan fingerprint density at radius 2 is 2.21 bits per heavy atom. The van der Waals surface area contributed by atoms with Crippen molar-refractivity contribution < 1.29 is 9.18 Å². The van der Waals surface area contributed by atoms with Crippen LogP contribution < -0.4 is 5.32 Å². The maximum Gasteiger partial charge on any atom is 0.254 e. The van der Waals surface area contributed by atoms with Crippen molar-refractivity contribution >= 4 is 18.5 Å². The third-order valence-electron chi connectivity index (χ3n) is 2.77. The monoisotopic (exact) mass is 276 g/mol. The number of carbonyl (C=O) groups is 1. The maximum atomic E-state index is 13.5. The quantitative estimate of drug-likeness (QED) is 0.846. The minimum atomic E-state index is -0.554. The van der Waals surface area contributed by atoms with E-state index in [9.17, 15) is 9.18 Å². The number of nitrogens with one attached hydrogen (secondary N) is 1. The summed E-state index contributed by atoms with van der Waals surface area (Å²) in [4.78, 5) is 16.4. The summed E-state index contributed by atoms with van der Waals surface area (Å²) in [6.07, 6.45) is 3.37. The Balaban J connectivity index is 2.10. The summed E-state index contributed by atoms with van der Waals surface area (Å²) in [7, 11) is 0. The first kappa shape index (κ1) is 13.5. The van der Waals surface area contributed by atoms with E-state index < -0.39 is 11.7 Å². The van der Waals surface area contributed by atoms with Gasteiger partial charge < -0.3 is 5.32 Å². The number of carbonyl (C=O) groups excluding carboxylic acids is 1. The molecule has 0 unspecified atom stereocenters. The molecule has 2 rings (SSSR count). The normalized spacial score (nSPS) is 10.3. The van der Waals surface area contributed by atoms with Gasteiger partial charge in [-0.1, -0.05) is 0 Å². The number of pyridine rings is 1. The van der Waals surface area contributed by atoms with Gasteiger partial charge in [0.25, 0.3) is 5.91 Å². The van der Waals surface area contributed by atoms with Crippen molar-refractivity contribution in [3.63, 3.8) is 0 Å². The summed E-state index contributed by atoms with van der Waals surface area (Å²) in [5.41, 5.74) is 1.93. The van der Waals surface area contributed by atoms with Crippen LogP contribution in [-0.4, -0.2) is 10.9 Å². The van der Waals surface area contributed by atoms with Crippen molar-refractivity contribution in [1.82, 2.24) is 10.3 Å². The van der Waals surface area contributed by atoms with Gasteiger partial charge in [-0.3, -0.25) is 9.78 Å². The molecule has 0 aliphatic rings. The lowest BCUT2D eigenvalue weighted by atomic mass is 10.1. The van der Waals surface area contributed by atoms with Gasteiger partial charge in [0.05, 0.1) is 5.56 Å². The highest BCUT2D eigenvalue weighted by atomic mass is 32.1. The van der Waals surface area contributed by atoms with E-state index in [0.717, 1.165) is 11.1 Å². The van der Waals surface area contributed by atoms with Crippen LogP contribution in [0.5, 0.6) is 0 Å². The van der Waals surface area contributed by atoms with E-state index in [2.05, 4.69) is 22.9 Å². The third kappa shape index (κ3) is 3.32. The molecular formula is C14H13FN2OS. The van der Waals surface area contributed by atoms with Crippen molar-refractivity contribution in [2.45, 2.75) is 18.4 Å². The summed E-state index contributed by atoms with van der Waals surface area (Å²) in [6, 6.07) is 5.96. The van der Waals surface area contributed by atoms with Gasteiger partial charge in [0.1, 0.15) is 5.82 Å². The van der Waals surface area contributed by atoms with Crippen molar-refractivity contribution in [1.29, 1.82) is 0 Å². The third-order valence-corrected chi connectivity index (χ3v) is 3.05. The van der Waals surface area contributed by atoms with E-state index >= 15 is 0 Å². The lowest BCUT2D eigenvalue weighted by Crippen LogP contribution is -2.24. The molecule has 98 valence electrons. The number of hydrogen-bond acceptors (Lipinski definition) is 3. The van der Waals surface area contributed by atoms with Gasteiger partial charge in [-0.15, -0.1) is 12.6 Å². The molecule has 0 fully saturated rings. The van der Waals surface area contributed by atoms with Gasteiger partial charge in [0.15, 0.2) is 0 Å². The van der Waals surface area contributed by atoms with Crippen molar-refractivity contribution in [3.05, 3.63) is 59.2 Å². The molecule has 5 heteroatoms. The zero-order valence-corrected chi connectivity index (χ0v) is 11.2. The van der Waals surface area contributed by atoms with Gasteiger partial charge in [-0.25, -0.2) is 4.39 Å². The first-order valence-corrected chi connectivity index (χ1v) is 6.19. The fourth-order valence-electron chi connectivity index (χ4n) is 1.66. The summed E-state index contributed by atoms with van der Waals surface area (Å²) < 4.78 is 13.5. The van der Waals surface area contributed by atoms with Crippen LogP contribution in [0.3, 0.4) is 0 Å². The summed E-state index contributed by atoms with van der Waals surface area (Å²) in [5, 5.41) is 2.68. The number of aromatic nitrogens is 1. The van der Waals surface area contributed by atoms with Crippen molar-refractivity contribution in [2.75, 3.05) is 0 Å². The molecule has 0 radical (unpaired) electrons. The van der Waals surface area contributed by atoms with Crippen LogP contribution in [0, 0.1) is 12.7 Å². The van der Waals surface area contributed by atoms with E-state index in [1.807, 2.05) is 13.0 Å². The number of rotatable bonds is 3. The molecular weight excluding hydrogens is 263 g/mol. The fraction of sp³-hybridized carbons (Fsp3) is 0.143. The average Bonchev–Trinajstić information content (AvgIpc) is 2.40. The zero-order valence-electron chi connectivity index (χ0n) is 10.4. The van der Waals surface area contributed by atoms with Gasteiger partial charge in [-0.2, -0.15) is 0 Å². The van der Waals surface area contributed by atoms with Gasteiger partial charge in [-0.05, 0) is 42.3 Å². The molecule has 3 nitrogen and oxygen atoms in total. The highest BCUT2D eigenvalue weighted by Gasteiger charge is 2.11. The summed E-state index contributed by atoms with van der Waals surface area (Å²) in [6.45, 7) is 2.24. The van der Waals surface area contributed by atoms with Gasteiger partial charge >= 0.3 is 0 Å². The van der Waals surface area contributed by atoms with E-state index in [0.29, 0.717) is 11.4 Å². The molecule has 19 heavy (non-hydrogen) atoms. The Morgan fingerprint density at radius 1 is 1.42 bits per heavy atom. The second-order valence-corrected chi connectivity index (χ2v) is 4.67. The Morgan fingerprint density at radius 3 is 2.95 bits per heavy atom. The standard InChI is InChI=1S/C14H13FN2OS/c1-9-7-16-5-4-10(9)8-17-14(18)12-6-11(19)2-3-13(12)15/h2-7,19H,8H2,1H3,(H,17,18). The first-order chi connectivity index (χ1) is 9.08. The molecule has 0 atom stereocenters. The Bertz CT molecular complexity index is 616. The van der Waals surface area contributed by atoms with Crippen LogP contribution >= 0.6 is 12.6 Å². The predicted molar refractivity (Wildman–Crippen MR) is 73.8 cm³/mol. The topological polar surface area (TPSA) is 42.0 Å². The van der Waals surface area contributed by atoms with E-state index in [1.165, 1.54) is 18.2 Å². The number of hydrogen-bond donors (Lipinski definition) is 2. The van der Waals surface area contributed by atoms with Crippen LogP contribution in [0.4, 0.5) is 4.39 Å². The fourth-order valence-corrected chi connectivity index (χ4v) is 1.86. The largest absolute Gasteiger partial charge is 0.348 e. The molecule has 0 saturated heterocycles. The second kappa shape index (κ2) is 5.84. The first-order valence-electron chi connectivity index (χ1n) is 5.74. The molecule has 1 amide bonds. The van der Waals surface area contributed by atoms with Crippen LogP contribution in [-0.2, 0) is 6.54 Å². The van der Waals surface area contributed by atoms with Crippen molar-refractivity contribution in [3.8, 4) is 0 Å². The number of aryl methyl sites for hydroxylation is 1. The van der Waals surface area contributed by atoms with E-state index in [1.54, 1.807) is 12.4 Å². The molecule has 1 aromatic carbocycles. The van der Waals surface area contributed by atoms with Gasteiger partial charge in [0.2, 0.25) is 0 Å². The second-order valence-electron chi connectivity index (χ2n) is 4.15. The number of benzene rings is 1. The summed E-state index contributed by atoms with van der Waals surface area (Å²) >= 11 is 4.10. The predicted octanol–water partition coefficient (Wildman–Crippen LogP) is 2.75. The minimum Gasteiger partial charge on any atom is -0.348 e. The molecule has 0 aliphatic carbocycles. The molecule has 1 N–H and O–H groups in total. The number of halogens is 1. The molecule has 1 heterocycles. The van der Waals surface area contributed by atoms with Crippen LogP contribution in [0.25, 0.3) is 0 Å². The average molecular weight is 276 g/mol. The Hall–Kier alpha value is -1.88.